The second-order valence-corrected chi connectivity index (χ2v) is 8.59. The van der Waals surface area contributed by atoms with Gasteiger partial charge in [-0.05, 0) is 61.9 Å². The van der Waals surface area contributed by atoms with E-state index in [2.05, 4.69) is 15.5 Å². The Labute approximate surface area is 188 Å². The number of aryl methyl sites for hydroxylation is 1. The Morgan fingerprint density at radius 1 is 1.06 bits per heavy atom. The van der Waals surface area contributed by atoms with E-state index in [1.54, 1.807) is 24.3 Å². The molecule has 1 heterocycles. The number of nitro groups is 1. The van der Waals surface area contributed by atoms with Crippen molar-refractivity contribution in [2.24, 2.45) is 5.92 Å². The van der Waals surface area contributed by atoms with Crippen LogP contribution in [0.3, 0.4) is 0 Å². The van der Waals surface area contributed by atoms with Crippen LogP contribution in [-0.2, 0) is 0 Å². The molecule has 170 valence electrons. The quantitative estimate of drug-likeness (QED) is 0.488. The maximum atomic E-state index is 13.2. The first-order chi connectivity index (χ1) is 15.3. The standard InChI is InChI=1S/C24H30N4O4/c1-16(2)15-25-23(29)18-7-9-21(17(3)13-18)26-24(30)20-14-19(28(31)32)8-10-22(20)27-11-5-4-6-12-27/h7-10,13-14,16H,4-6,11-12,15H2,1-3H3,(H,25,29)(H,26,30). The summed E-state index contributed by atoms with van der Waals surface area (Å²) in [5.74, 6) is -0.220. The maximum absolute atomic E-state index is 13.2. The van der Waals surface area contributed by atoms with Gasteiger partial charge in [-0.2, -0.15) is 0 Å². The molecule has 1 fully saturated rings. The van der Waals surface area contributed by atoms with E-state index in [0.29, 0.717) is 29.4 Å². The van der Waals surface area contributed by atoms with Crippen molar-refractivity contribution < 1.29 is 14.5 Å². The number of benzene rings is 2. The maximum Gasteiger partial charge on any atom is 0.270 e. The molecule has 2 N–H and O–H groups in total. The van der Waals surface area contributed by atoms with E-state index < -0.39 is 10.8 Å². The molecule has 0 bridgehead atoms. The Kier molecular flexibility index (Phi) is 7.45. The molecule has 2 aromatic rings. The summed E-state index contributed by atoms with van der Waals surface area (Å²) in [7, 11) is 0. The number of nitrogens with one attached hydrogen (secondary N) is 2. The molecule has 0 atom stereocenters. The third-order valence-corrected chi connectivity index (χ3v) is 5.54. The first-order valence-corrected chi connectivity index (χ1v) is 11.0. The minimum absolute atomic E-state index is 0.121. The van der Waals surface area contributed by atoms with E-state index in [1.165, 1.54) is 12.1 Å². The van der Waals surface area contributed by atoms with Crippen LogP contribution < -0.4 is 15.5 Å². The first kappa shape index (κ1) is 23.2. The number of nitro benzene ring substituents is 1. The Bertz CT molecular complexity index is 1010. The van der Waals surface area contributed by atoms with E-state index in [0.717, 1.165) is 37.9 Å². The van der Waals surface area contributed by atoms with Crippen molar-refractivity contribution in [2.45, 2.75) is 40.0 Å². The first-order valence-electron chi connectivity index (χ1n) is 11.0. The summed E-state index contributed by atoms with van der Waals surface area (Å²) in [5.41, 5.74) is 2.68. The van der Waals surface area contributed by atoms with Gasteiger partial charge in [-0.1, -0.05) is 13.8 Å². The summed E-state index contributed by atoms with van der Waals surface area (Å²) in [6, 6.07) is 9.52. The van der Waals surface area contributed by atoms with E-state index in [9.17, 15) is 19.7 Å². The van der Waals surface area contributed by atoms with E-state index in [1.807, 2.05) is 20.8 Å². The summed E-state index contributed by atoms with van der Waals surface area (Å²) in [4.78, 5) is 38.4. The SMILES string of the molecule is Cc1cc(C(=O)NCC(C)C)ccc1NC(=O)c1cc([N+](=O)[O-])ccc1N1CCCCC1. The third kappa shape index (κ3) is 5.63. The number of anilines is 2. The number of nitrogens with zero attached hydrogens (tertiary/aromatic N) is 2. The highest BCUT2D eigenvalue weighted by atomic mass is 16.6. The Balaban J connectivity index is 1.83. The van der Waals surface area contributed by atoms with Crippen LogP contribution in [0.4, 0.5) is 17.1 Å². The summed E-state index contributed by atoms with van der Waals surface area (Å²) in [6.45, 7) is 8.08. The highest BCUT2D eigenvalue weighted by Crippen LogP contribution is 2.29. The molecule has 32 heavy (non-hydrogen) atoms. The van der Waals surface area contributed by atoms with Crippen LogP contribution in [0, 0.1) is 23.0 Å². The van der Waals surface area contributed by atoms with E-state index in [-0.39, 0.29) is 17.2 Å². The lowest BCUT2D eigenvalue weighted by molar-refractivity contribution is -0.384. The summed E-state index contributed by atoms with van der Waals surface area (Å²) >= 11 is 0. The molecule has 2 aromatic carbocycles. The molecular weight excluding hydrogens is 408 g/mol. The van der Waals surface area contributed by atoms with E-state index in [4.69, 9.17) is 0 Å². The molecule has 0 aromatic heterocycles. The third-order valence-electron chi connectivity index (χ3n) is 5.54. The Morgan fingerprint density at radius 2 is 1.78 bits per heavy atom. The number of hydrogen-bond donors (Lipinski definition) is 2. The Morgan fingerprint density at radius 3 is 2.41 bits per heavy atom. The van der Waals surface area contributed by atoms with Crippen LogP contribution in [0.2, 0.25) is 0 Å². The van der Waals surface area contributed by atoms with Crippen LogP contribution in [0.25, 0.3) is 0 Å². The molecule has 1 saturated heterocycles. The molecule has 2 amide bonds. The lowest BCUT2D eigenvalue weighted by atomic mass is 10.0. The van der Waals surface area contributed by atoms with Crippen LogP contribution in [0.5, 0.6) is 0 Å². The van der Waals surface area contributed by atoms with Gasteiger partial charge in [0, 0.05) is 43.0 Å². The van der Waals surface area contributed by atoms with E-state index >= 15 is 0 Å². The molecule has 0 saturated carbocycles. The fourth-order valence-corrected chi connectivity index (χ4v) is 3.76. The molecule has 3 rings (SSSR count). The Hall–Kier alpha value is -3.42. The molecule has 0 radical (unpaired) electrons. The number of hydrogen-bond acceptors (Lipinski definition) is 5. The molecule has 0 spiro atoms. The normalized spacial score (nSPS) is 13.7. The minimum atomic E-state index is -0.493. The topological polar surface area (TPSA) is 105 Å². The monoisotopic (exact) mass is 438 g/mol. The van der Waals surface area contributed by atoms with Gasteiger partial charge in [0.15, 0.2) is 0 Å². The second-order valence-electron chi connectivity index (χ2n) is 8.59. The number of carbonyl (C=O) groups is 2. The summed E-state index contributed by atoms with van der Waals surface area (Å²) < 4.78 is 0. The lowest BCUT2D eigenvalue weighted by Crippen LogP contribution is -2.31. The van der Waals surface area contributed by atoms with Gasteiger partial charge in [-0.3, -0.25) is 19.7 Å². The molecule has 0 aliphatic carbocycles. The number of amides is 2. The van der Waals surface area contributed by atoms with Crippen molar-refractivity contribution in [1.82, 2.24) is 5.32 Å². The van der Waals surface area contributed by atoms with Crippen molar-refractivity contribution in [2.75, 3.05) is 29.9 Å². The number of rotatable bonds is 7. The smallest absolute Gasteiger partial charge is 0.270 e. The van der Waals surface area contributed by atoms with Gasteiger partial charge in [-0.15, -0.1) is 0 Å². The van der Waals surface area contributed by atoms with Crippen LogP contribution >= 0.6 is 0 Å². The molecule has 8 nitrogen and oxygen atoms in total. The highest BCUT2D eigenvalue weighted by molar-refractivity contribution is 6.09. The van der Waals surface area contributed by atoms with Crippen LogP contribution in [-0.4, -0.2) is 36.4 Å². The van der Waals surface area contributed by atoms with Gasteiger partial charge in [0.2, 0.25) is 0 Å². The summed E-state index contributed by atoms with van der Waals surface area (Å²) in [5, 5.41) is 17.0. The van der Waals surface area contributed by atoms with Crippen LogP contribution in [0.15, 0.2) is 36.4 Å². The number of carbonyl (C=O) groups excluding carboxylic acids is 2. The zero-order valence-corrected chi connectivity index (χ0v) is 18.8. The molecular formula is C24H30N4O4. The van der Waals surface area contributed by atoms with Gasteiger partial charge in [0.1, 0.15) is 0 Å². The second kappa shape index (κ2) is 10.3. The number of non-ortho nitro benzene ring substituents is 1. The van der Waals surface area contributed by atoms with Crippen molar-refractivity contribution in [3.8, 4) is 0 Å². The molecule has 0 unspecified atom stereocenters. The zero-order valence-electron chi connectivity index (χ0n) is 18.8. The predicted octanol–water partition coefficient (Wildman–Crippen LogP) is 4.53. The largest absolute Gasteiger partial charge is 0.371 e. The molecule has 1 aliphatic heterocycles. The highest BCUT2D eigenvalue weighted by Gasteiger charge is 2.22. The van der Waals surface area contributed by atoms with Crippen molar-refractivity contribution >= 4 is 28.9 Å². The van der Waals surface area contributed by atoms with Gasteiger partial charge in [0.25, 0.3) is 17.5 Å². The van der Waals surface area contributed by atoms with Crippen molar-refractivity contribution in [1.29, 1.82) is 0 Å². The van der Waals surface area contributed by atoms with Crippen molar-refractivity contribution in [3.05, 3.63) is 63.2 Å². The summed E-state index contributed by atoms with van der Waals surface area (Å²) in [6.07, 6.45) is 3.19. The number of piperidine rings is 1. The van der Waals surface area contributed by atoms with Crippen LogP contribution in [0.1, 0.15) is 59.4 Å². The average molecular weight is 439 g/mol. The fraction of sp³-hybridized carbons (Fsp3) is 0.417. The predicted molar refractivity (Wildman–Crippen MR) is 125 cm³/mol. The van der Waals surface area contributed by atoms with Gasteiger partial charge in [0.05, 0.1) is 16.2 Å². The van der Waals surface area contributed by atoms with Gasteiger partial charge in [-0.25, -0.2) is 0 Å². The van der Waals surface area contributed by atoms with Gasteiger partial charge < -0.3 is 15.5 Å². The molecule has 1 aliphatic rings. The van der Waals surface area contributed by atoms with Gasteiger partial charge >= 0.3 is 0 Å². The average Bonchev–Trinajstić information content (AvgIpc) is 2.78. The zero-order chi connectivity index (χ0) is 23.3. The lowest BCUT2D eigenvalue weighted by Gasteiger charge is -2.30. The molecule has 8 heteroatoms. The fourth-order valence-electron chi connectivity index (χ4n) is 3.76. The minimum Gasteiger partial charge on any atom is -0.371 e. The van der Waals surface area contributed by atoms with Crippen molar-refractivity contribution in [3.63, 3.8) is 0 Å².